The maximum absolute atomic E-state index is 10.0. The zero-order valence-corrected chi connectivity index (χ0v) is 11.6. The number of anilines is 1. The van der Waals surface area contributed by atoms with E-state index in [1.807, 2.05) is 37.9 Å². The molecule has 0 aliphatic rings. The Kier molecular flexibility index (Phi) is 5.44. The van der Waals surface area contributed by atoms with E-state index in [2.05, 4.69) is 5.32 Å². The molecule has 4 heteroatoms. The molecule has 2 unspecified atom stereocenters. The summed E-state index contributed by atoms with van der Waals surface area (Å²) in [4.78, 5) is 1.92. The summed E-state index contributed by atoms with van der Waals surface area (Å²) in [6.07, 6.45) is -0.391. The van der Waals surface area contributed by atoms with Crippen LogP contribution in [0, 0.1) is 0 Å². The van der Waals surface area contributed by atoms with Gasteiger partial charge in [-0.2, -0.15) is 0 Å². The molecule has 102 valence electrons. The molecular weight excluding hydrogens is 228 g/mol. The molecule has 0 aliphatic heterocycles. The van der Waals surface area contributed by atoms with Crippen molar-refractivity contribution in [2.24, 2.45) is 0 Å². The number of nitrogens with zero attached hydrogens (tertiary/aromatic N) is 1. The van der Waals surface area contributed by atoms with Crippen LogP contribution in [0.25, 0.3) is 0 Å². The number of phenols is 1. The van der Waals surface area contributed by atoms with E-state index >= 15 is 0 Å². The number of aliphatic hydroxyl groups excluding tert-OH is 1. The van der Waals surface area contributed by atoms with Gasteiger partial charge in [-0.1, -0.05) is 13.0 Å². The van der Waals surface area contributed by atoms with Gasteiger partial charge in [0.15, 0.2) is 0 Å². The number of phenolic OH excluding ortho intramolecular Hbond substituents is 1. The summed E-state index contributed by atoms with van der Waals surface area (Å²) in [6.45, 7) is 7.22. The Hall–Kier alpha value is -1.26. The van der Waals surface area contributed by atoms with Crippen LogP contribution in [0.15, 0.2) is 18.2 Å². The molecule has 1 aromatic carbocycles. The zero-order chi connectivity index (χ0) is 13.7. The maximum Gasteiger partial charge on any atom is 0.122 e. The molecular formula is C14H24N2O2. The SMILES string of the molecule is CCNC(C)c1ccc(N(C)CC(C)O)cc1O. The minimum atomic E-state index is -0.391. The Balaban J connectivity index is 2.85. The predicted molar refractivity (Wildman–Crippen MR) is 75.1 cm³/mol. The van der Waals surface area contributed by atoms with E-state index in [1.165, 1.54) is 0 Å². The minimum Gasteiger partial charge on any atom is -0.508 e. The smallest absolute Gasteiger partial charge is 0.122 e. The number of aliphatic hydroxyl groups is 1. The molecule has 0 saturated heterocycles. The van der Waals surface area contributed by atoms with Gasteiger partial charge in [0, 0.05) is 37.0 Å². The summed E-state index contributed by atoms with van der Waals surface area (Å²) >= 11 is 0. The highest BCUT2D eigenvalue weighted by molar-refractivity contribution is 5.53. The van der Waals surface area contributed by atoms with Gasteiger partial charge in [0.1, 0.15) is 5.75 Å². The Bertz CT molecular complexity index is 380. The summed E-state index contributed by atoms with van der Waals surface area (Å²) in [5, 5.41) is 22.7. The molecule has 0 bridgehead atoms. The zero-order valence-electron chi connectivity index (χ0n) is 11.6. The van der Waals surface area contributed by atoms with E-state index in [9.17, 15) is 10.2 Å². The van der Waals surface area contributed by atoms with Crippen molar-refractivity contribution in [3.05, 3.63) is 23.8 Å². The molecule has 0 saturated carbocycles. The van der Waals surface area contributed by atoms with Gasteiger partial charge in [0.25, 0.3) is 0 Å². The van der Waals surface area contributed by atoms with Crippen molar-refractivity contribution in [1.82, 2.24) is 5.32 Å². The second-order valence-electron chi connectivity index (χ2n) is 4.75. The third kappa shape index (κ3) is 3.89. The molecule has 0 fully saturated rings. The van der Waals surface area contributed by atoms with Gasteiger partial charge < -0.3 is 20.4 Å². The number of hydrogen-bond donors (Lipinski definition) is 3. The van der Waals surface area contributed by atoms with Crippen molar-refractivity contribution in [3.8, 4) is 5.75 Å². The number of likely N-dealkylation sites (N-methyl/N-ethyl adjacent to an activating group) is 1. The van der Waals surface area contributed by atoms with E-state index in [1.54, 1.807) is 13.0 Å². The fourth-order valence-electron chi connectivity index (χ4n) is 2.05. The van der Waals surface area contributed by atoms with E-state index in [-0.39, 0.29) is 6.04 Å². The number of nitrogens with one attached hydrogen (secondary N) is 1. The van der Waals surface area contributed by atoms with Crippen LogP contribution in [0.1, 0.15) is 32.4 Å². The van der Waals surface area contributed by atoms with Crippen LogP contribution < -0.4 is 10.2 Å². The average Bonchev–Trinajstić information content (AvgIpc) is 2.28. The lowest BCUT2D eigenvalue weighted by Gasteiger charge is -2.22. The van der Waals surface area contributed by atoms with E-state index < -0.39 is 6.10 Å². The van der Waals surface area contributed by atoms with Gasteiger partial charge >= 0.3 is 0 Å². The summed E-state index contributed by atoms with van der Waals surface area (Å²) < 4.78 is 0. The molecule has 4 nitrogen and oxygen atoms in total. The molecule has 0 spiro atoms. The van der Waals surface area contributed by atoms with Crippen LogP contribution >= 0.6 is 0 Å². The predicted octanol–water partition coefficient (Wildman–Crippen LogP) is 1.88. The van der Waals surface area contributed by atoms with Crippen LogP contribution in [-0.2, 0) is 0 Å². The molecule has 18 heavy (non-hydrogen) atoms. The largest absolute Gasteiger partial charge is 0.508 e. The Morgan fingerprint density at radius 2 is 2.00 bits per heavy atom. The molecule has 0 aliphatic carbocycles. The topological polar surface area (TPSA) is 55.7 Å². The quantitative estimate of drug-likeness (QED) is 0.723. The lowest BCUT2D eigenvalue weighted by atomic mass is 10.1. The Morgan fingerprint density at radius 1 is 1.33 bits per heavy atom. The maximum atomic E-state index is 10.0. The molecule has 0 amide bonds. The third-order valence-electron chi connectivity index (χ3n) is 2.97. The number of rotatable bonds is 6. The fraction of sp³-hybridized carbons (Fsp3) is 0.571. The summed E-state index contributed by atoms with van der Waals surface area (Å²) in [7, 11) is 1.90. The van der Waals surface area contributed by atoms with Crippen molar-refractivity contribution in [1.29, 1.82) is 0 Å². The molecule has 0 aromatic heterocycles. The van der Waals surface area contributed by atoms with Crippen molar-refractivity contribution in [2.45, 2.75) is 32.9 Å². The lowest BCUT2D eigenvalue weighted by molar-refractivity contribution is 0.201. The van der Waals surface area contributed by atoms with E-state index in [0.29, 0.717) is 12.3 Å². The van der Waals surface area contributed by atoms with Gasteiger partial charge in [-0.15, -0.1) is 0 Å². The number of hydrogen-bond acceptors (Lipinski definition) is 4. The highest BCUT2D eigenvalue weighted by Gasteiger charge is 2.11. The van der Waals surface area contributed by atoms with Crippen molar-refractivity contribution in [2.75, 3.05) is 25.0 Å². The minimum absolute atomic E-state index is 0.131. The van der Waals surface area contributed by atoms with Crippen molar-refractivity contribution < 1.29 is 10.2 Å². The summed E-state index contributed by atoms with van der Waals surface area (Å²) in [6, 6.07) is 5.76. The molecule has 2 atom stereocenters. The van der Waals surface area contributed by atoms with Crippen molar-refractivity contribution in [3.63, 3.8) is 0 Å². The summed E-state index contributed by atoms with van der Waals surface area (Å²) in [5.74, 6) is 0.290. The van der Waals surface area contributed by atoms with Crippen LogP contribution in [-0.4, -0.2) is 36.5 Å². The molecule has 0 heterocycles. The van der Waals surface area contributed by atoms with Crippen molar-refractivity contribution >= 4 is 5.69 Å². The van der Waals surface area contributed by atoms with Gasteiger partial charge in [0.2, 0.25) is 0 Å². The first-order valence-corrected chi connectivity index (χ1v) is 6.41. The third-order valence-corrected chi connectivity index (χ3v) is 2.97. The van der Waals surface area contributed by atoms with Gasteiger partial charge in [-0.05, 0) is 26.5 Å². The highest BCUT2D eigenvalue weighted by atomic mass is 16.3. The first-order chi connectivity index (χ1) is 8.45. The van der Waals surface area contributed by atoms with E-state index in [0.717, 1.165) is 17.8 Å². The van der Waals surface area contributed by atoms with Gasteiger partial charge in [0.05, 0.1) is 6.10 Å². The van der Waals surface area contributed by atoms with Gasteiger partial charge in [-0.3, -0.25) is 0 Å². The highest BCUT2D eigenvalue weighted by Crippen LogP contribution is 2.28. The Morgan fingerprint density at radius 3 is 2.50 bits per heavy atom. The molecule has 0 radical (unpaired) electrons. The second-order valence-corrected chi connectivity index (χ2v) is 4.75. The number of benzene rings is 1. The normalized spacial score (nSPS) is 14.3. The summed E-state index contributed by atoms with van der Waals surface area (Å²) in [5.41, 5.74) is 1.80. The fourth-order valence-corrected chi connectivity index (χ4v) is 2.05. The molecule has 1 aromatic rings. The van der Waals surface area contributed by atoms with Gasteiger partial charge in [-0.25, -0.2) is 0 Å². The first-order valence-electron chi connectivity index (χ1n) is 6.41. The molecule has 1 rings (SSSR count). The Labute approximate surface area is 109 Å². The average molecular weight is 252 g/mol. The first kappa shape index (κ1) is 14.8. The lowest BCUT2D eigenvalue weighted by Crippen LogP contribution is -2.26. The number of aromatic hydroxyl groups is 1. The standard InChI is InChI=1S/C14H24N2O2/c1-5-15-11(3)13-7-6-12(8-14(13)18)16(4)9-10(2)17/h6-8,10-11,15,17-18H,5,9H2,1-4H3. The molecule has 3 N–H and O–H groups in total. The van der Waals surface area contributed by atoms with E-state index in [4.69, 9.17) is 0 Å². The van der Waals surface area contributed by atoms with Crippen LogP contribution in [0.5, 0.6) is 5.75 Å². The van der Waals surface area contributed by atoms with Crippen LogP contribution in [0.2, 0.25) is 0 Å². The monoisotopic (exact) mass is 252 g/mol. The second kappa shape index (κ2) is 6.61. The van der Waals surface area contributed by atoms with Crippen LogP contribution in [0.3, 0.4) is 0 Å². The van der Waals surface area contributed by atoms with Crippen LogP contribution in [0.4, 0.5) is 5.69 Å².